The summed E-state index contributed by atoms with van der Waals surface area (Å²) in [5.74, 6) is 1.50. The van der Waals surface area contributed by atoms with Crippen molar-refractivity contribution in [3.05, 3.63) is 48.4 Å². The average Bonchev–Trinajstić information content (AvgIpc) is 3.24. The molecule has 2 N–H and O–H groups in total. The van der Waals surface area contributed by atoms with Gasteiger partial charge in [-0.15, -0.1) is 0 Å². The predicted octanol–water partition coefficient (Wildman–Crippen LogP) is 2.89. The fourth-order valence-electron chi connectivity index (χ4n) is 3.45. The molecule has 0 amide bonds. The number of guanidine groups is 1. The van der Waals surface area contributed by atoms with Crippen LogP contribution in [0.25, 0.3) is 0 Å². The van der Waals surface area contributed by atoms with Gasteiger partial charge in [-0.1, -0.05) is 37.2 Å². The lowest BCUT2D eigenvalue weighted by Crippen LogP contribution is -2.52. The Morgan fingerprint density at radius 2 is 1.90 bits per heavy atom. The summed E-state index contributed by atoms with van der Waals surface area (Å²) in [4.78, 5) is 9.75. The Kier molecular flexibility index (Phi) is 7.93. The Balaban J connectivity index is 1.57. The van der Waals surface area contributed by atoms with Gasteiger partial charge in [0.15, 0.2) is 5.96 Å². The second-order valence-corrected chi connectivity index (χ2v) is 7.81. The molecular weight excluding hydrogens is 364 g/mol. The van der Waals surface area contributed by atoms with Crippen molar-refractivity contribution < 1.29 is 4.52 Å². The standard InChI is InChI=1S/C22H34N6O/c1-4-23-22(24-16-21(18(2)3)25-19-8-6-5-7-9-19)28-13-11-27(12-14-28)17-20-10-15-29-26-20/h5-10,15,18,21,25H,4,11-14,16-17H2,1-3H3,(H,23,24). The van der Waals surface area contributed by atoms with Gasteiger partial charge in [0.25, 0.3) is 0 Å². The number of hydrogen-bond donors (Lipinski definition) is 2. The smallest absolute Gasteiger partial charge is 0.194 e. The van der Waals surface area contributed by atoms with Crippen LogP contribution in [-0.2, 0) is 6.54 Å². The predicted molar refractivity (Wildman–Crippen MR) is 118 cm³/mol. The fourth-order valence-corrected chi connectivity index (χ4v) is 3.45. The van der Waals surface area contributed by atoms with Gasteiger partial charge in [-0.2, -0.15) is 0 Å². The molecule has 1 unspecified atom stereocenters. The summed E-state index contributed by atoms with van der Waals surface area (Å²) in [5.41, 5.74) is 2.14. The number of hydrogen-bond acceptors (Lipinski definition) is 5. The quantitative estimate of drug-likeness (QED) is 0.526. The molecule has 7 nitrogen and oxygen atoms in total. The molecule has 2 aromatic rings. The maximum Gasteiger partial charge on any atom is 0.194 e. The van der Waals surface area contributed by atoms with E-state index in [2.05, 4.69) is 70.6 Å². The molecule has 0 spiro atoms. The van der Waals surface area contributed by atoms with Crippen molar-refractivity contribution in [1.29, 1.82) is 0 Å². The molecule has 1 saturated heterocycles. The zero-order chi connectivity index (χ0) is 20.5. The Morgan fingerprint density at radius 1 is 1.14 bits per heavy atom. The third-order valence-corrected chi connectivity index (χ3v) is 5.25. The fraction of sp³-hybridized carbons (Fsp3) is 0.545. The summed E-state index contributed by atoms with van der Waals surface area (Å²) < 4.78 is 4.94. The zero-order valence-corrected chi connectivity index (χ0v) is 17.8. The van der Waals surface area contributed by atoms with Crippen molar-refractivity contribution in [1.82, 2.24) is 20.3 Å². The molecule has 29 heavy (non-hydrogen) atoms. The summed E-state index contributed by atoms with van der Waals surface area (Å²) in [6.07, 6.45) is 1.64. The van der Waals surface area contributed by atoms with Gasteiger partial charge in [-0.3, -0.25) is 9.89 Å². The van der Waals surface area contributed by atoms with Crippen molar-refractivity contribution in [3.8, 4) is 0 Å². The molecule has 158 valence electrons. The molecule has 1 aliphatic heterocycles. The minimum atomic E-state index is 0.291. The lowest BCUT2D eigenvalue weighted by atomic mass is 10.0. The van der Waals surface area contributed by atoms with Crippen LogP contribution in [0.4, 0.5) is 5.69 Å². The summed E-state index contributed by atoms with van der Waals surface area (Å²) in [6.45, 7) is 13.0. The van der Waals surface area contributed by atoms with E-state index in [1.54, 1.807) is 6.26 Å². The van der Waals surface area contributed by atoms with Crippen LogP contribution in [0.3, 0.4) is 0 Å². The molecular formula is C22H34N6O. The molecule has 3 rings (SSSR count). The summed E-state index contributed by atoms with van der Waals surface area (Å²) >= 11 is 0. The average molecular weight is 399 g/mol. The molecule has 1 aliphatic rings. The Morgan fingerprint density at radius 3 is 2.52 bits per heavy atom. The number of rotatable bonds is 8. The summed E-state index contributed by atoms with van der Waals surface area (Å²) in [6, 6.07) is 12.6. The Hall–Kier alpha value is -2.54. The second-order valence-electron chi connectivity index (χ2n) is 7.81. The van der Waals surface area contributed by atoms with E-state index in [1.807, 2.05) is 12.1 Å². The van der Waals surface area contributed by atoms with Gasteiger partial charge >= 0.3 is 0 Å². The summed E-state index contributed by atoms with van der Waals surface area (Å²) in [5, 5.41) is 11.1. The Bertz CT molecular complexity index is 723. The minimum absolute atomic E-state index is 0.291. The van der Waals surface area contributed by atoms with E-state index in [9.17, 15) is 0 Å². The molecule has 0 saturated carbocycles. The van der Waals surface area contributed by atoms with Gasteiger partial charge in [0.1, 0.15) is 6.26 Å². The number of anilines is 1. The lowest BCUT2D eigenvalue weighted by molar-refractivity contribution is 0.169. The largest absolute Gasteiger partial charge is 0.380 e. The van der Waals surface area contributed by atoms with Crippen molar-refractivity contribution in [2.24, 2.45) is 10.9 Å². The van der Waals surface area contributed by atoms with E-state index in [-0.39, 0.29) is 0 Å². The topological polar surface area (TPSA) is 68.9 Å². The maximum atomic E-state index is 4.98. The van der Waals surface area contributed by atoms with E-state index in [4.69, 9.17) is 9.52 Å². The normalized spacial score (nSPS) is 16.8. The van der Waals surface area contributed by atoms with Crippen LogP contribution in [-0.4, -0.2) is 66.2 Å². The number of aliphatic imine (C=N–C) groups is 1. The molecule has 1 fully saturated rings. The van der Waals surface area contributed by atoms with Gasteiger partial charge in [0.2, 0.25) is 0 Å². The summed E-state index contributed by atoms with van der Waals surface area (Å²) in [7, 11) is 0. The van der Waals surface area contributed by atoms with E-state index in [0.29, 0.717) is 12.0 Å². The first kappa shape index (κ1) is 21.2. The highest BCUT2D eigenvalue weighted by atomic mass is 16.5. The molecule has 7 heteroatoms. The van der Waals surface area contributed by atoms with Crippen LogP contribution < -0.4 is 10.6 Å². The van der Waals surface area contributed by atoms with Crippen LogP contribution in [0, 0.1) is 5.92 Å². The first-order valence-electron chi connectivity index (χ1n) is 10.6. The minimum Gasteiger partial charge on any atom is -0.380 e. The van der Waals surface area contributed by atoms with Crippen molar-refractivity contribution in [2.75, 3.05) is 44.6 Å². The van der Waals surface area contributed by atoms with Crippen LogP contribution in [0.1, 0.15) is 26.5 Å². The number of piperazine rings is 1. The maximum absolute atomic E-state index is 4.98. The number of nitrogens with one attached hydrogen (secondary N) is 2. The first-order chi connectivity index (χ1) is 14.2. The van der Waals surface area contributed by atoms with E-state index < -0.39 is 0 Å². The van der Waals surface area contributed by atoms with Crippen LogP contribution in [0.5, 0.6) is 0 Å². The van der Waals surface area contributed by atoms with E-state index in [0.717, 1.165) is 63.2 Å². The zero-order valence-electron chi connectivity index (χ0n) is 17.8. The van der Waals surface area contributed by atoms with Crippen molar-refractivity contribution >= 4 is 11.6 Å². The molecule has 0 radical (unpaired) electrons. The van der Waals surface area contributed by atoms with Crippen molar-refractivity contribution in [3.63, 3.8) is 0 Å². The third-order valence-electron chi connectivity index (χ3n) is 5.25. The van der Waals surface area contributed by atoms with E-state index in [1.165, 1.54) is 0 Å². The van der Waals surface area contributed by atoms with Crippen LogP contribution in [0.2, 0.25) is 0 Å². The highest BCUT2D eigenvalue weighted by molar-refractivity contribution is 5.80. The number of nitrogens with zero attached hydrogens (tertiary/aromatic N) is 4. The number of benzene rings is 1. The van der Waals surface area contributed by atoms with Gasteiger partial charge in [-0.25, -0.2) is 0 Å². The SMILES string of the molecule is CCNC(=NCC(Nc1ccccc1)C(C)C)N1CCN(Cc2ccon2)CC1. The Labute approximate surface area is 174 Å². The lowest BCUT2D eigenvalue weighted by Gasteiger charge is -2.36. The van der Waals surface area contributed by atoms with Crippen molar-refractivity contribution in [2.45, 2.75) is 33.4 Å². The van der Waals surface area contributed by atoms with Gasteiger partial charge < -0.3 is 20.1 Å². The number of para-hydroxylation sites is 1. The molecule has 1 aromatic carbocycles. The molecule has 0 aliphatic carbocycles. The van der Waals surface area contributed by atoms with Gasteiger partial charge in [0.05, 0.1) is 12.2 Å². The van der Waals surface area contributed by atoms with Crippen LogP contribution in [0.15, 0.2) is 52.2 Å². The first-order valence-corrected chi connectivity index (χ1v) is 10.6. The molecule has 0 bridgehead atoms. The highest BCUT2D eigenvalue weighted by Crippen LogP contribution is 2.13. The molecule has 2 heterocycles. The molecule has 1 aromatic heterocycles. The van der Waals surface area contributed by atoms with Gasteiger partial charge in [0, 0.05) is 57.1 Å². The number of aromatic nitrogens is 1. The van der Waals surface area contributed by atoms with E-state index >= 15 is 0 Å². The highest BCUT2D eigenvalue weighted by Gasteiger charge is 2.21. The molecule has 1 atom stereocenters. The monoisotopic (exact) mass is 398 g/mol. The van der Waals surface area contributed by atoms with Crippen LogP contribution >= 0.6 is 0 Å². The second kappa shape index (κ2) is 10.9. The van der Waals surface area contributed by atoms with Gasteiger partial charge in [-0.05, 0) is 25.0 Å². The third kappa shape index (κ3) is 6.49.